The van der Waals surface area contributed by atoms with Gasteiger partial charge in [-0.1, -0.05) is 24.0 Å². The Morgan fingerprint density at radius 3 is 2.61 bits per heavy atom. The Kier molecular flexibility index (Phi) is 5.98. The minimum atomic E-state index is -0.325. The van der Waals surface area contributed by atoms with Crippen LogP contribution in [0.2, 0.25) is 0 Å². The number of aromatic nitrogens is 3. The lowest BCUT2D eigenvalue weighted by molar-refractivity contribution is 0.582. The van der Waals surface area contributed by atoms with E-state index in [1.807, 2.05) is 19.9 Å². The largest absolute Gasteiger partial charge is 0.464 e. The van der Waals surface area contributed by atoms with Gasteiger partial charge in [0.05, 0.1) is 29.0 Å². The summed E-state index contributed by atoms with van der Waals surface area (Å²) in [5.41, 5.74) is 4.22. The lowest BCUT2D eigenvalue weighted by atomic mass is 10.0. The van der Waals surface area contributed by atoms with Crippen LogP contribution in [0.15, 0.2) is 64.2 Å². The normalized spacial score (nSPS) is 10.8. The lowest BCUT2D eigenvalue weighted by Gasteiger charge is -2.12. The van der Waals surface area contributed by atoms with Crippen LogP contribution in [0.25, 0.3) is 22.6 Å². The summed E-state index contributed by atoms with van der Waals surface area (Å²) in [4.78, 5) is 5.31. The molecule has 5 nitrogen and oxygen atoms in total. The summed E-state index contributed by atoms with van der Waals surface area (Å²) in [6.07, 6.45) is 1.55. The van der Waals surface area contributed by atoms with E-state index in [0.717, 1.165) is 17.0 Å². The van der Waals surface area contributed by atoms with E-state index in [4.69, 9.17) is 21.6 Å². The third-order valence-corrected chi connectivity index (χ3v) is 6.09. The topological polar surface area (TPSA) is 67.6 Å². The number of nitrogens with zero attached hydrogens (tertiary/aromatic N) is 4. The molecular formula is C23H17FN4OS2. The van der Waals surface area contributed by atoms with Crippen LogP contribution in [0.1, 0.15) is 17.0 Å². The van der Waals surface area contributed by atoms with Gasteiger partial charge >= 0.3 is 0 Å². The van der Waals surface area contributed by atoms with Gasteiger partial charge in [-0.05, 0) is 62.4 Å². The van der Waals surface area contributed by atoms with Crippen LogP contribution in [-0.2, 0) is 0 Å². The maximum Gasteiger partial charge on any atom is 0.135 e. The molecular weight excluding hydrogens is 431 g/mol. The van der Waals surface area contributed by atoms with Gasteiger partial charge in [-0.3, -0.25) is 0 Å². The Morgan fingerprint density at radius 2 is 2.00 bits per heavy atom. The molecule has 1 aromatic carbocycles. The van der Waals surface area contributed by atoms with E-state index in [0.29, 0.717) is 38.3 Å². The van der Waals surface area contributed by atoms with Gasteiger partial charge in [0, 0.05) is 16.8 Å². The minimum Gasteiger partial charge on any atom is -0.464 e. The summed E-state index contributed by atoms with van der Waals surface area (Å²) in [5.74, 6) is 0.655. The number of thioether (sulfide) groups is 1. The number of furan rings is 1. The standard InChI is InChI=1S/C23H17FN4OS2/c1-14-10-15(2)28(27-14)22(30)13-31-23-19(12-25)18(21-4-3-9-29-21)11-20(26-23)16-5-7-17(24)8-6-16/h3-11H,13H2,1-2H3. The van der Waals surface area contributed by atoms with Crippen LogP contribution in [0.3, 0.4) is 0 Å². The van der Waals surface area contributed by atoms with Crippen LogP contribution in [0.4, 0.5) is 4.39 Å². The van der Waals surface area contributed by atoms with Crippen molar-refractivity contribution in [2.24, 2.45) is 0 Å². The molecule has 0 amide bonds. The maximum atomic E-state index is 13.4. The molecule has 0 saturated heterocycles. The van der Waals surface area contributed by atoms with Crippen molar-refractivity contribution in [3.8, 4) is 28.7 Å². The van der Waals surface area contributed by atoms with E-state index in [1.165, 1.54) is 23.9 Å². The average molecular weight is 449 g/mol. The molecule has 0 aliphatic heterocycles. The van der Waals surface area contributed by atoms with Crippen LogP contribution in [0.5, 0.6) is 0 Å². The zero-order valence-electron chi connectivity index (χ0n) is 16.8. The fraction of sp³-hybridized carbons (Fsp3) is 0.130. The second kappa shape index (κ2) is 8.84. The number of hydrogen-bond acceptors (Lipinski definition) is 6. The Bertz CT molecular complexity index is 1290. The Morgan fingerprint density at radius 1 is 1.23 bits per heavy atom. The molecule has 0 bridgehead atoms. The van der Waals surface area contributed by atoms with Crippen LogP contribution in [-0.4, -0.2) is 25.5 Å². The molecule has 0 aliphatic rings. The van der Waals surface area contributed by atoms with Crippen LogP contribution in [0, 0.1) is 31.0 Å². The molecule has 0 N–H and O–H groups in total. The first kappa shape index (κ1) is 21.0. The third-order valence-electron chi connectivity index (χ3n) is 4.60. The Balaban J connectivity index is 1.75. The van der Waals surface area contributed by atoms with E-state index in [1.54, 1.807) is 41.3 Å². The smallest absolute Gasteiger partial charge is 0.135 e. The van der Waals surface area contributed by atoms with Crippen molar-refractivity contribution >= 4 is 29.0 Å². The summed E-state index contributed by atoms with van der Waals surface area (Å²) in [7, 11) is 0. The van der Waals surface area contributed by atoms with Crippen molar-refractivity contribution in [1.29, 1.82) is 5.26 Å². The quantitative estimate of drug-likeness (QED) is 0.284. The molecule has 0 aliphatic carbocycles. The Hall–Kier alpha value is -3.28. The maximum absolute atomic E-state index is 13.4. The van der Waals surface area contributed by atoms with E-state index in [-0.39, 0.29) is 5.82 Å². The molecule has 8 heteroatoms. The predicted molar refractivity (Wildman–Crippen MR) is 122 cm³/mol. The minimum absolute atomic E-state index is 0.325. The first-order valence-electron chi connectivity index (χ1n) is 9.40. The summed E-state index contributed by atoms with van der Waals surface area (Å²) in [6.45, 7) is 3.86. The SMILES string of the molecule is Cc1cc(C)n(C(=S)CSc2nc(-c3ccc(F)cc3)cc(-c3ccco3)c2C#N)n1. The Labute approximate surface area is 188 Å². The number of pyridine rings is 1. The second-order valence-corrected chi connectivity index (χ2v) is 8.29. The predicted octanol–water partition coefficient (Wildman–Crippen LogP) is 5.80. The van der Waals surface area contributed by atoms with Crippen molar-refractivity contribution in [1.82, 2.24) is 14.8 Å². The number of rotatable bonds is 5. The summed E-state index contributed by atoms with van der Waals surface area (Å²) < 4.78 is 20.7. The zero-order chi connectivity index (χ0) is 22.0. The van der Waals surface area contributed by atoms with Gasteiger partial charge in [0.15, 0.2) is 0 Å². The fourth-order valence-corrected chi connectivity index (χ4v) is 4.41. The molecule has 4 rings (SSSR count). The van der Waals surface area contributed by atoms with E-state index < -0.39 is 0 Å². The van der Waals surface area contributed by atoms with Gasteiger partial charge in [0.25, 0.3) is 0 Å². The second-order valence-electron chi connectivity index (χ2n) is 6.85. The molecule has 0 radical (unpaired) electrons. The monoisotopic (exact) mass is 448 g/mol. The molecule has 0 unspecified atom stereocenters. The van der Waals surface area contributed by atoms with Crippen molar-refractivity contribution in [3.63, 3.8) is 0 Å². The number of thiocarbonyl (C=S) groups is 1. The fourth-order valence-electron chi connectivity index (χ4n) is 3.20. The third kappa shape index (κ3) is 4.43. The first-order valence-corrected chi connectivity index (χ1v) is 10.8. The molecule has 3 aromatic heterocycles. The van der Waals surface area contributed by atoms with Gasteiger partial charge in [-0.25, -0.2) is 14.1 Å². The molecule has 0 saturated carbocycles. The number of aryl methyl sites for hydroxylation is 2. The summed E-state index contributed by atoms with van der Waals surface area (Å²) in [6, 6.07) is 15.6. The van der Waals surface area contributed by atoms with Crippen LogP contribution >= 0.6 is 24.0 Å². The highest BCUT2D eigenvalue weighted by molar-refractivity contribution is 8.01. The number of nitriles is 1. The molecule has 31 heavy (non-hydrogen) atoms. The van der Waals surface area contributed by atoms with Crippen molar-refractivity contribution in [2.75, 3.05) is 5.75 Å². The van der Waals surface area contributed by atoms with Gasteiger partial charge in [-0.2, -0.15) is 10.4 Å². The zero-order valence-corrected chi connectivity index (χ0v) is 18.4. The molecule has 0 atom stereocenters. The highest BCUT2D eigenvalue weighted by atomic mass is 32.2. The van der Waals surface area contributed by atoms with E-state index in [2.05, 4.69) is 11.2 Å². The first-order chi connectivity index (χ1) is 15.0. The van der Waals surface area contributed by atoms with Gasteiger partial charge in [-0.15, -0.1) is 0 Å². The number of hydrogen-bond donors (Lipinski definition) is 0. The van der Waals surface area contributed by atoms with E-state index >= 15 is 0 Å². The molecule has 154 valence electrons. The van der Waals surface area contributed by atoms with Crippen molar-refractivity contribution in [3.05, 3.63) is 77.6 Å². The molecule has 0 fully saturated rings. The lowest BCUT2D eigenvalue weighted by Crippen LogP contribution is -2.15. The molecule has 0 spiro atoms. The summed E-state index contributed by atoms with van der Waals surface area (Å²) >= 11 is 6.93. The van der Waals surface area contributed by atoms with Gasteiger partial charge in [0.2, 0.25) is 0 Å². The van der Waals surface area contributed by atoms with E-state index in [9.17, 15) is 9.65 Å². The molecule has 4 aromatic rings. The van der Waals surface area contributed by atoms with Crippen LogP contribution < -0.4 is 0 Å². The highest BCUT2D eigenvalue weighted by Crippen LogP contribution is 2.34. The highest BCUT2D eigenvalue weighted by Gasteiger charge is 2.18. The number of benzene rings is 1. The van der Waals surface area contributed by atoms with Gasteiger partial charge < -0.3 is 4.42 Å². The van der Waals surface area contributed by atoms with Crippen molar-refractivity contribution in [2.45, 2.75) is 18.9 Å². The van der Waals surface area contributed by atoms with Gasteiger partial charge in [0.1, 0.15) is 27.7 Å². The summed E-state index contributed by atoms with van der Waals surface area (Å²) in [5, 5.41) is 14.8. The average Bonchev–Trinajstić information content (AvgIpc) is 3.41. The molecule has 3 heterocycles. The number of halogens is 1. The van der Waals surface area contributed by atoms with Crippen molar-refractivity contribution < 1.29 is 8.81 Å².